The Kier molecular flexibility index (Phi) is 6.41. The number of ether oxygens (including phenoxy) is 1. The molecule has 5 rings (SSSR count). The lowest BCUT2D eigenvalue weighted by Gasteiger charge is -2.28. The summed E-state index contributed by atoms with van der Waals surface area (Å²) in [6.07, 6.45) is 1.83. The van der Waals surface area contributed by atoms with Crippen molar-refractivity contribution in [2.45, 2.75) is 25.9 Å². The van der Waals surface area contributed by atoms with Crippen LogP contribution in [0, 0.1) is 13.8 Å². The van der Waals surface area contributed by atoms with E-state index in [-0.39, 0.29) is 12.1 Å². The number of hydrogen-bond donors (Lipinski definition) is 1. The molecular formula is C29H31N5OS. The van der Waals surface area contributed by atoms with E-state index >= 15 is 0 Å². The van der Waals surface area contributed by atoms with Crippen molar-refractivity contribution in [3.05, 3.63) is 102 Å². The Morgan fingerprint density at radius 1 is 0.944 bits per heavy atom. The fourth-order valence-electron chi connectivity index (χ4n) is 5.09. The molecule has 0 bridgehead atoms. The van der Waals surface area contributed by atoms with Gasteiger partial charge in [-0.25, -0.2) is 0 Å². The Morgan fingerprint density at radius 2 is 1.72 bits per heavy atom. The number of nitrogens with zero attached hydrogens (tertiary/aromatic N) is 4. The molecule has 2 aromatic heterocycles. The van der Waals surface area contributed by atoms with E-state index in [1.54, 1.807) is 7.11 Å². The van der Waals surface area contributed by atoms with Crippen molar-refractivity contribution in [1.29, 1.82) is 0 Å². The monoisotopic (exact) mass is 497 g/mol. The van der Waals surface area contributed by atoms with Crippen LogP contribution in [-0.2, 0) is 0 Å². The van der Waals surface area contributed by atoms with Crippen LogP contribution in [0.15, 0.2) is 79.0 Å². The van der Waals surface area contributed by atoms with Crippen molar-refractivity contribution >= 4 is 28.7 Å². The number of nitrogens with one attached hydrogen (secondary N) is 1. The molecule has 1 aliphatic heterocycles. The molecule has 184 valence electrons. The third-order valence-electron chi connectivity index (χ3n) is 6.84. The third kappa shape index (κ3) is 4.20. The summed E-state index contributed by atoms with van der Waals surface area (Å²) < 4.78 is 7.84. The first-order chi connectivity index (χ1) is 17.4. The predicted octanol–water partition coefficient (Wildman–Crippen LogP) is 5.74. The SMILES string of the molecule is COc1cccc(N2C(=S)NC(c3ccccn3)C2c2cc(C)n(-c3ccc(N(C)C)cc3)c2C)c1. The molecule has 1 fully saturated rings. The fraction of sp³-hybridized carbons (Fsp3) is 0.241. The second-order valence-corrected chi connectivity index (χ2v) is 9.66. The van der Waals surface area contributed by atoms with Gasteiger partial charge < -0.3 is 24.4 Å². The highest BCUT2D eigenvalue weighted by atomic mass is 32.1. The number of methoxy groups -OCH3 is 1. The van der Waals surface area contributed by atoms with Crippen molar-refractivity contribution in [3.63, 3.8) is 0 Å². The standard InChI is InChI=1S/C29H31N5OS/c1-19-17-25(20(2)33(19)22-14-12-21(13-15-22)32(3)4)28-27(26-11-6-7-16-30-26)31-29(36)34(28)23-9-8-10-24(18-23)35-5/h6-18,27-28H,1-5H3,(H,31,36). The Labute approximate surface area is 218 Å². The first-order valence-electron chi connectivity index (χ1n) is 12.0. The van der Waals surface area contributed by atoms with Crippen molar-refractivity contribution in [2.75, 3.05) is 31.0 Å². The molecule has 4 aromatic rings. The van der Waals surface area contributed by atoms with E-state index in [1.165, 1.54) is 22.6 Å². The molecule has 1 aliphatic rings. The van der Waals surface area contributed by atoms with Gasteiger partial charge in [-0.15, -0.1) is 0 Å². The fourth-order valence-corrected chi connectivity index (χ4v) is 5.44. The zero-order valence-electron chi connectivity index (χ0n) is 21.3. The number of pyridine rings is 1. The Morgan fingerprint density at radius 3 is 2.39 bits per heavy atom. The maximum atomic E-state index is 5.91. The predicted molar refractivity (Wildman–Crippen MR) is 150 cm³/mol. The van der Waals surface area contributed by atoms with Crippen LogP contribution in [0.1, 0.15) is 34.7 Å². The van der Waals surface area contributed by atoms with Crippen LogP contribution >= 0.6 is 12.2 Å². The van der Waals surface area contributed by atoms with Gasteiger partial charge in [0, 0.05) is 54.8 Å². The van der Waals surface area contributed by atoms with Gasteiger partial charge in [0.25, 0.3) is 0 Å². The number of hydrogen-bond acceptors (Lipinski definition) is 4. The van der Waals surface area contributed by atoms with Gasteiger partial charge in [-0.1, -0.05) is 12.1 Å². The number of benzene rings is 2. The lowest BCUT2D eigenvalue weighted by atomic mass is 9.96. The summed E-state index contributed by atoms with van der Waals surface area (Å²) in [5.41, 5.74) is 7.79. The molecule has 2 unspecified atom stereocenters. The summed E-state index contributed by atoms with van der Waals surface area (Å²) in [4.78, 5) is 8.99. The van der Waals surface area contributed by atoms with E-state index in [0.717, 1.165) is 22.8 Å². The molecule has 0 amide bonds. The second kappa shape index (κ2) is 9.66. The zero-order chi connectivity index (χ0) is 25.4. The normalized spacial score (nSPS) is 17.2. The summed E-state index contributed by atoms with van der Waals surface area (Å²) in [5, 5.41) is 4.23. The van der Waals surface area contributed by atoms with E-state index in [4.69, 9.17) is 21.9 Å². The van der Waals surface area contributed by atoms with Crippen molar-refractivity contribution in [2.24, 2.45) is 0 Å². The number of aromatic nitrogens is 2. The van der Waals surface area contributed by atoms with Gasteiger partial charge in [-0.05, 0) is 86.2 Å². The molecule has 0 spiro atoms. The molecule has 3 heterocycles. The Hall–Kier alpha value is -3.84. The van der Waals surface area contributed by atoms with Crippen LogP contribution in [0.5, 0.6) is 5.75 Å². The van der Waals surface area contributed by atoms with Crippen LogP contribution in [-0.4, -0.2) is 35.9 Å². The van der Waals surface area contributed by atoms with Gasteiger partial charge in [0.2, 0.25) is 0 Å². The molecule has 36 heavy (non-hydrogen) atoms. The van der Waals surface area contributed by atoms with Gasteiger partial charge in [-0.3, -0.25) is 4.98 Å². The lowest BCUT2D eigenvalue weighted by molar-refractivity contribution is 0.415. The Bertz CT molecular complexity index is 1380. The first-order valence-corrected chi connectivity index (χ1v) is 12.4. The van der Waals surface area contributed by atoms with Gasteiger partial charge in [0.1, 0.15) is 5.75 Å². The minimum absolute atomic E-state index is 0.0829. The largest absolute Gasteiger partial charge is 0.497 e. The van der Waals surface area contributed by atoms with E-state index in [9.17, 15) is 0 Å². The third-order valence-corrected chi connectivity index (χ3v) is 7.16. The molecule has 0 saturated carbocycles. The van der Waals surface area contributed by atoms with E-state index < -0.39 is 0 Å². The molecule has 1 N–H and O–H groups in total. The van der Waals surface area contributed by atoms with Crippen LogP contribution in [0.4, 0.5) is 11.4 Å². The van der Waals surface area contributed by atoms with Gasteiger partial charge >= 0.3 is 0 Å². The lowest BCUT2D eigenvalue weighted by Crippen LogP contribution is -2.29. The summed E-state index contributed by atoms with van der Waals surface area (Å²) in [6, 6.07) is 24.8. The van der Waals surface area contributed by atoms with E-state index in [1.807, 2.05) is 36.5 Å². The average Bonchev–Trinajstić information content (AvgIpc) is 3.39. The van der Waals surface area contributed by atoms with Crippen molar-refractivity contribution in [3.8, 4) is 11.4 Å². The van der Waals surface area contributed by atoms with E-state index in [2.05, 4.69) is 90.1 Å². The molecule has 0 radical (unpaired) electrons. The molecule has 2 atom stereocenters. The van der Waals surface area contributed by atoms with Crippen molar-refractivity contribution < 1.29 is 4.74 Å². The number of aryl methyl sites for hydroxylation is 1. The van der Waals surface area contributed by atoms with Gasteiger partial charge in [-0.2, -0.15) is 0 Å². The summed E-state index contributed by atoms with van der Waals surface area (Å²) in [7, 11) is 5.80. The molecule has 7 heteroatoms. The molecule has 0 aliphatic carbocycles. The maximum Gasteiger partial charge on any atom is 0.174 e. The van der Waals surface area contributed by atoms with Crippen LogP contribution in [0.2, 0.25) is 0 Å². The maximum absolute atomic E-state index is 5.91. The topological polar surface area (TPSA) is 45.6 Å². The van der Waals surface area contributed by atoms with Gasteiger partial charge in [0.05, 0.1) is 24.9 Å². The number of thiocarbonyl (C=S) groups is 1. The van der Waals surface area contributed by atoms with Crippen molar-refractivity contribution in [1.82, 2.24) is 14.9 Å². The minimum Gasteiger partial charge on any atom is -0.497 e. The van der Waals surface area contributed by atoms with E-state index in [0.29, 0.717) is 5.11 Å². The molecule has 2 aromatic carbocycles. The first kappa shape index (κ1) is 23.9. The van der Waals surface area contributed by atoms with Crippen LogP contribution < -0.4 is 19.9 Å². The highest BCUT2D eigenvalue weighted by Gasteiger charge is 2.42. The average molecular weight is 498 g/mol. The summed E-state index contributed by atoms with van der Waals surface area (Å²) >= 11 is 5.91. The highest BCUT2D eigenvalue weighted by Crippen LogP contribution is 2.44. The summed E-state index contributed by atoms with van der Waals surface area (Å²) in [5.74, 6) is 0.793. The molecule has 6 nitrogen and oxygen atoms in total. The number of anilines is 2. The van der Waals surface area contributed by atoms with Crippen LogP contribution in [0.3, 0.4) is 0 Å². The highest BCUT2D eigenvalue weighted by molar-refractivity contribution is 7.80. The molecule has 1 saturated heterocycles. The summed E-state index contributed by atoms with van der Waals surface area (Å²) in [6.45, 7) is 4.34. The number of rotatable bonds is 6. The quantitative estimate of drug-likeness (QED) is 0.343. The van der Waals surface area contributed by atoms with Gasteiger partial charge in [0.15, 0.2) is 5.11 Å². The smallest absolute Gasteiger partial charge is 0.174 e. The Balaban J connectivity index is 1.65. The second-order valence-electron chi connectivity index (χ2n) is 9.27. The zero-order valence-corrected chi connectivity index (χ0v) is 22.1. The minimum atomic E-state index is -0.102. The van der Waals surface area contributed by atoms with Crippen LogP contribution in [0.25, 0.3) is 5.69 Å². The molecular weight excluding hydrogens is 466 g/mol.